The quantitative estimate of drug-likeness (QED) is 0.110. The lowest BCUT2D eigenvalue weighted by atomic mass is 9.90. The number of nitrogens with one attached hydrogen (secondary N) is 2. The van der Waals surface area contributed by atoms with Gasteiger partial charge in [0.05, 0.1) is 18.8 Å². The standard InChI is InChI=1S/C47H47N3O5/c1-33-44(31-50(2)30-34-11-5-3-6-12-34)54-46(55-45(33)37-21-19-35(32-51)20-22-37)40-16-10-15-39(28-40)38-14-9-13-36(27-38)29-48-47(52)49-41-23-25-43(26-24-41)53-42-17-7-4-8-18-42/h3-28,33,44-46,51H,29-32H2,1-2H3,(H2,48,49,52)/t33-,44+,45+,46+/m1/s1. The fourth-order valence-corrected chi connectivity index (χ4v) is 6.91. The molecule has 1 aliphatic rings. The van der Waals surface area contributed by atoms with Crippen LogP contribution in [0.2, 0.25) is 0 Å². The fraction of sp³-hybridized carbons (Fsp3) is 0.213. The van der Waals surface area contributed by atoms with E-state index in [1.165, 1.54) is 5.56 Å². The Morgan fingerprint density at radius 1 is 0.691 bits per heavy atom. The van der Waals surface area contributed by atoms with Crippen molar-refractivity contribution in [2.75, 3.05) is 18.9 Å². The maximum absolute atomic E-state index is 12.8. The molecule has 8 heteroatoms. The summed E-state index contributed by atoms with van der Waals surface area (Å²) >= 11 is 0. The van der Waals surface area contributed by atoms with Crippen LogP contribution in [0.15, 0.2) is 158 Å². The first-order chi connectivity index (χ1) is 26.9. The normalized spacial score (nSPS) is 18.1. The number of aliphatic hydroxyl groups is 1. The number of carbonyl (C=O) groups excluding carboxylic acids is 1. The maximum atomic E-state index is 12.8. The molecule has 0 aromatic heterocycles. The fourth-order valence-electron chi connectivity index (χ4n) is 6.91. The number of likely N-dealkylation sites (N-methyl/N-ethyl adjacent to an activating group) is 1. The summed E-state index contributed by atoms with van der Waals surface area (Å²) in [6.45, 7) is 4.09. The molecule has 1 heterocycles. The lowest BCUT2D eigenvalue weighted by Gasteiger charge is -2.42. The molecule has 0 saturated carbocycles. The van der Waals surface area contributed by atoms with E-state index in [2.05, 4.69) is 84.1 Å². The summed E-state index contributed by atoms with van der Waals surface area (Å²) in [6, 6.07) is 51.5. The molecule has 0 aliphatic carbocycles. The Hall–Kier alpha value is -5.77. The smallest absolute Gasteiger partial charge is 0.319 e. The SMILES string of the molecule is C[C@@H]1[C@H](CN(C)Cc2ccccc2)O[C@H](c2cccc(-c3cccc(CNC(=O)Nc4ccc(Oc5ccccc5)cc4)c3)c2)O[C@@H]1c1ccc(CO)cc1. The van der Waals surface area contributed by atoms with Gasteiger partial charge in [-0.1, -0.05) is 116 Å². The molecular formula is C47H47N3O5. The number of amides is 2. The molecule has 6 aromatic carbocycles. The second-order valence-corrected chi connectivity index (χ2v) is 14.1. The van der Waals surface area contributed by atoms with E-state index < -0.39 is 6.29 Å². The predicted octanol–water partition coefficient (Wildman–Crippen LogP) is 9.88. The minimum absolute atomic E-state index is 0.00225. The molecule has 280 valence electrons. The summed E-state index contributed by atoms with van der Waals surface area (Å²) < 4.78 is 19.4. The van der Waals surface area contributed by atoms with Gasteiger partial charge in [-0.05, 0) is 89.0 Å². The lowest BCUT2D eigenvalue weighted by molar-refractivity contribution is -0.276. The zero-order valence-corrected chi connectivity index (χ0v) is 31.2. The van der Waals surface area contributed by atoms with Crippen molar-refractivity contribution in [2.45, 2.75) is 45.1 Å². The number of benzene rings is 6. The van der Waals surface area contributed by atoms with Crippen LogP contribution in [0.25, 0.3) is 11.1 Å². The summed E-state index contributed by atoms with van der Waals surface area (Å²) in [5.41, 5.74) is 7.79. The lowest BCUT2D eigenvalue weighted by Crippen LogP contribution is -2.43. The molecule has 1 saturated heterocycles. The van der Waals surface area contributed by atoms with Gasteiger partial charge >= 0.3 is 6.03 Å². The number of aliphatic hydroxyl groups excluding tert-OH is 1. The number of para-hydroxylation sites is 1. The summed E-state index contributed by atoms with van der Waals surface area (Å²) in [6.07, 6.45) is -0.882. The molecule has 7 rings (SSSR count). The number of carbonyl (C=O) groups is 1. The van der Waals surface area contributed by atoms with E-state index in [0.29, 0.717) is 18.0 Å². The van der Waals surface area contributed by atoms with Crippen LogP contribution in [-0.4, -0.2) is 35.7 Å². The number of rotatable bonds is 13. The van der Waals surface area contributed by atoms with E-state index in [4.69, 9.17) is 14.2 Å². The molecule has 8 nitrogen and oxygen atoms in total. The molecule has 3 N–H and O–H groups in total. The van der Waals surface area contributed by atoms with Crippen LogP contribution in [0, 0.1) is 5.92 Å². The molecule has 0 bridgehead atoms. The highest BCUT2D eigenvalue weighted by Crippen LogP contribution is 2.42. The summed E-state index contributed by atoms with van der Waals surface area (Å²) in [5, 5.41) is 15.5. The van der Waals surface area contributed by atoms with Crippen LogP contribution in [-0.2, 0) is 29.2 Å². The van der Waals surface area contributed by atoms with Crippen LogP contribution >= 0.6 is 0 Å². The number of nitrogens with zero attached hydrogens (tertiary/aromatic N) is 1. The second-order valence-electron chi connectivity index (χ2n) is 14.1. The number of anilines is 1. The van der Waals surface area contributed by atoms with Gasteiger partial charge in [0.25, 0.3) is 0 Å². The zero-order chi connectivity index (χ0) is 38.0. The number of urea groups is 1. The average molecular weight is 734 g/mol. The molecule has 0 radical (unpaired) electrons. The number of ether oxygens (including phenoxy) is 3. The van der Waals surface area contributed by atoms with Crippen LogP contribution in [0.4, 0.5) is 10.5 Å². The first kappa shape index (κ1) is 37.5. The number of hydrogen-bond donors (Lipinski definition) is 3. The monoisotopic (exact) mass is 733 g/mol. The topological polar surface area (TPSA) is 92.3 Å². The third-order valence-corrected chi connectivity index (χ3v) is 9.87. The Balaban J connectivity index is 1.02. The average Bonchev–Trinajstić information content (AvgIpc) is 3.22. The van der Waals surface area contributed by atoms with Gasteiger partial charge in [-0.15, -0.1) is 0 Å². The molecule has 6 aromatic rings. The highest BCUT2D eigenvalue weighted by Gasteiger charge is 2.39. The van der Waals surface area contributed by atoms with Gasteiger partial charge in [0.1, 0.15) is 11.5 Å². The summed E-state index contributed by atoms with van der Waals surface area (Å²) in [7, 11) is 2.13. The highest BCUT2D eigenvalue weighted by molar-refractivity contribution is 5.89. The van der Waals surface area contributed by atoms with Crippen molar-refractivity contribution in [1.82, 2.24) is 10.2 Å². The van der Waals surface area contributed by atoms with E-state index >= 15 is 0 Å². The van der Waals surface area contributed by atoms with Crippen molar-refractivity contribution >= 4 is 11.7 Å². The minimum Gasteiger partial charge on any atom is -0.457 e. The molecule has 0 unspecified atom stereocenters. The van der Waals surface area contributed by atoms with E-state index in [1.54, 1.807) is 0 Å². The van der Waals surface area contributed by atoms with Crippen LogP contribution in [0.5, 0.6) is 11.5 Å². The third kappa shape index (κ3) is 10.1. The van der Waals surface area contributed by atoms with Crippen molar-refractivity contribution < 1.29 is 24.1 Å². The zero-order valence-electron chi connectivity index (χ0n) is 31.2. The van der Waals surface area contributed by atoms with Gasteiger partial charge < -0.3 is 30.0 Å². The van der Waals surface area contributed by atoms with Crippen LogP contribution < -0.4 is 15.4 Å². The number of hydrogen-bond acceptors (Lipinski definition) is 6. The maximum Gasteiger partial charge on any atom is 0.319 e. The van der Waals surface area contributed by atoms with Gasteiger partial charge in [-0.3, -0.25) is 4.90 Å². The van der Waals surface area contributed by atoms with Gasteiger partial charge in [-0.2, -0.15) is 0 Å². The van der Waals surface area contributed by atoms with Gasteiger partial charge in [-0.25, -0.2) is 4.79 Å². The van der Waals surface area contributed by atoms with Crippen molar-refractivity contribution in [3.05, 3.63) is 186 Å². The Morgan fingerprint density at radius 3 is 2.07 bits per heavy atom. The molecule has 2 amide bonds. The van der Waals surface area contributed by atoms with Crippen molar-refractivity contribution in [2.24, 2.45) is 5.92 Å². The largest absolute Gasteiger partial charge is 0.457 e. The first-order valence-corrected chi connectivity index (χ1v) is 18.7. The molecule has 1 fully saturated rings. The van der Waals surface area contributed by atoms with Crippen molar-refractivity contribution in [3.8, 4) is 22.6 Å². The van der Waals surface area contributed by atoms with Crippen molar-refractivity contribution in [1.29, 1.82) is 0 Å². The first-order valence-electron chi connectivity index (χ1n) is 18.7. The summed E-state index contributed by atoms with van der Waals surface area (Å²) in [4.78, 5) is 15.1. The Kier molecular flexibility index (Phi) is 12.3. The van der Waals surface area contributed by atoms with E-state index in [9.17, 15) is 9.90 Å². The molecule has 1 aliphatic heterocycles. The molecule has 55 heavy (non-hydrogen) atoms. The Labute approximate surface area is 323 Å². The van der Waals surface area contributed by atoms with E-state index in [0.717, 1.165) is 52.2 Å². The minimum atomic E-state index is -0.582. The molecular weight excluding hydrogens is 687 g/mol. The molecule has 4 atom stereocenters. The van der Waals surface area contributed by atoms with E-state index in [1.807, 2.05) is 103 Å². The van der Waals surface area contributed by atoms with E-state index in [-0.39, 0.29) is 30.8 Å². The van der Waals surface area contributed by atoms with Gasteiger partial charge in [0.15, 0.2) is 6.29 Å². The highest BCUT2D eigenvalue weighted by atomic mass is 16.7. The Bertz CT molecular complexity index is 2130. The van der Waals surface area contributed by atoms with Gasteiger partial charge in [0.2, 0.25) is 0 Å². The third-order valence-electron chi connectivity index (χ3n) is 9.87. The van der Waals surface area contributed by atoms with Crippen molar-refractivity contribution in [3.63, 3.8) is 0 Å². The second kappa shape index (κ2) is 18.0. The Morgan fingerprint density at radius 2 is 1.35 bits per heavy atom. The predicted molar refractivity (Wildman–Crippen MR) is 216 cm³/mol. The summed E-state index contributed by atoms with van der Waals surface area (Å²) in [5.74, 6) is 1.52. The van der Waals surface area contributed by atoms with Gasteiger partial charge in [0, 0.05) is 36.8 Å². The van der Waals surface area contributed by atoms with Crippen LogP contribution in [0.3, 0.4) is 0 Å². The molecule has 0 spiro atoms. The van der Waals surface area contributed by atoms with Crippen LogP contribution in [0.1, 0.15) is 47.1 Å².